The lowest BCUT2D eigenvalue weighted by Gasteiger charge is -2.16. The summed E-state index contributed by atoms with van der Waals surface area (Å²) in [5, 5.41) is 1.17. The van der Waals surface area contributed by atoms with Crippen molar-refractivity contribution in [3.63, 3.8) is 0 Å². The highest BCUT2D eigenvalue weighted by Gasteiger charge is 2.20. The van der Waals surface area contributed by atoms with E-state index in [0.717, 1.165) is 0 Å². The number of anilines is 1. The second-order valence-corrected chi connectivity index (χ2v) is 6.66. The molecule has 2 aromatic rings. The maximum Gasteiger partial charge on any atom is 0.340 e. The van der Waals surface area contributed by atoms with Crippen molar-refractivity contribution in [2.75, 3.05) is 11.5 Å². The van der Waals surface area contributed by atoms with Crippen LogP contribution in [0.5, 0.6) is 0 Å². The average molecular weight is 433 g/mol. The van der Waals surface area contributed by atoms with Crippen molar-refractivity contribution in [2.24, 2.45) is 0 Å². The van der Waals surface area contributed by atoms with Crippen LogP contribution in [0.2, 0.25) is 20.1 Å². The molecule has 0 radical (unpaired) electrons. The van der Waals surface area contributed by atoms with Gasteiger partial charge in [-0.25, -0.2) is 4.79 Å². The molecule has 0 saturated heterocycles. The second kappa shape index (κ2) is 9.28. The van der Waals surface area contributed by atoms with E-state index >= 15 is 0 Å². The lowest BCUT2D eigenvalue weighted by molar-refractivity contribution is -0.136. The zero-order valence-electron chi connectivity index (χ0n) is 13.5. The van der Waals surface area contributed by atoms with Crippen LogP contribution in [-0.4, -0.2) is 19.0 Å². The van der Waals surface area contributed by atoms with Crippen LogP contribution in [0.4, 0.5) is 5.69 Å². The number of halogens is 4. The van der Waals surface area contributed by atoms with E-state index in [9.17, 15) is 9.59 Å². The molecule has 0 aliphatic rings. The molecule has 0 fully saturated rings. The molecule has 136 valence electrons. The van der Waals surface area contributed by atoms with Gasteiger partial charge < -0.3 is 4.74 Å². The molecule has 26 heavy (non-hydrogen) atoms. The highest BCUT2D eigenvalue weighted by atomic mass is 35.5. The minimum atomic E-state index is -0.659. The Bertz CT molecular complexity index is 850. The molecule has 8 heteroatoms. The summed E-state index contributed by atoms with van der Waals surface area (Å²) >= 11 is 24.1. The summed E-state index contributed by atoms with van der Waals surface area (Å²) in [6, 6.07) is 9.37. The van der Waals surface area contributed by atoms with Crippen molar-refractivity contribution < 1.29 is 14.3 Å². The molecule has 0 saturated carbocycles. The Morgan fingerprint density at radius 2 is 1.65 bits per heavy atom. The van der Waals surface area contributed by atoms with Gasteiger partial charge in [-0.15, -0.1) is 0 Å². The van der Waals surface area contributed by atoms with Gasteiger partial charge in [-0.05, 0) is 43.3 Å². The van der Waals surface area contributed by atoms with Crippen LogP contribution in [0.1, 0.15) is 12.5 Å². The van der Waals surface area contributed by atoms with Crippen molar-refractivity contribution in [1.82, 2.24) is 0 Å². The zero-order chi connectivity index (χ0) is 19.3. The molecule has 2 aromatic carbocycles. The Morgan fingerprint density at radius 3 is 2.23 bits per heavy atom. The van der Waals surface area contributed by atoms with Crippen LogP contribution in [0, 0.1) is 0 Å². The molecule has 0 N–H and O–H groups in total. The van der Waals surface area contributed by atoms with Gasteiger partial charge in [0.25, 0.3) is 0 Å². The molecule has 1 amide bonds. The third kappa shape index (κ3) is 4.92. The number of esters is 1. The van der Waals surface area contributed by atoms with Crippen molar-refractivity contribution >= 4 is 70.0 Å². The Balaban J connectivity index is 2.58. The molecular formula is C18H13Cl4NO3. The summed E-state index contributed by atoms with van der Waals surface area (Å²) < 4.78 is 5.08. The largest absolute Gasteiger partial charge is 0.462 e. The molecule has 2 rings (SSSR count). The minimum Gasteiger partial charge on any atom is -0.462 e. The van der Waals surface area contributed by atoms with Crippen molar-refractivity contribution in [3.05, 3.63) is 68.3 Å². The molecular weight excluding hydrogens is 420 g/mol. The summed E-state index contributed by atoms with van der Waals surface area (Å²) in [6.45, 7) is 1.82. The predicted octanol–water partition coefficient (Wildman–Crippen LogP) is 5.87. The number of hydrogen-bond acceptors (Lipinski definition) is 3. The third-order valence-electron chi connectivity index (χ3n) is 3.30. The lowest BCUT2D eigenvalue weighted by atomic mass is 10.1. The fraction of sp³-hybridized carbons (Fsp3) is 0.111. The van der Waals surface area contributed by atoms with Crippen molar-refractivity contribution in [1.29, 1.82) is 0 Å². The minimum absolute atomic E-state index is 0.0532. The van der Waals surface area contributed by atoms with Crippen LogP contribution in [-0.2, 0) is 14.3 Å². The first-order valence-corrected chi connectivity index (χ1v) is 8.91. The molecule has 0 atom stereocenters. The summed E-state index contributed by atoms with van der Waals surface area (Å²) in [6.07, 6.45) is 1.87. The molecule has 4 nitrogen and oxygen atoms in total. The van der Waals surface area contributed by atoms with Gasteiger partial charge >= 0.3 is 5.97 Å². The zero-order valence-corrected chi connectivity index (χ0v) is 16.5. The van der Waals surface area contributed by atoms with E-state index in [-0.39, 0.29) is 27.2 Å². The monoisotopic (exact) mass is 431 g/mol. The van der Waals surface area contributed by atoms with Gasteiger partial charge in [0, 0.05) is 22.5 Å². The second-order valence-electron chi connectivity index (χ2n) is 5.00. The number of carbonyl (C=O) groups is 2. The smallest absolute Gasteiger partial charge is 0.340 e. The van der Waals surface area contributed by atoms with Crippen LogP contribution in [0.15, 0.2) is 42.6 Å². The van der Waals surface area contributed by atoms with E-state index in [1.54, 1.807) is 31.2 Å². The normalized spacial score (nSPS) is 11.2. The average Bonchev–Trinajstić information content (AvgIpc) is 2.61. The molecule has 0 spiro atoms. The quantitative estimate of drug-likeness (QED) is 0.248. The van der Waals surface area contributed by atoms with Gasteiger partial charge in [-0.3, -0.25) is 9.69 Å². The Kier molecular flexibility index (Phi) is 7.35. The number of carbonyl (C=O) groups excluding carboxylic acids is 2. The van der Waals surface area contributed by atoms with Crippen LogP contribution < -0.4 is 4.90 Å². The Hall–Kier alpha value is -1.72. The van der Waals surface area contributed by atoms with Gasteiger partial charge in [0.1, 0.15) is 0 Å². The molecule has 0 aliphatic heterocycles. The van der Waals surface area contributed by atoms with Crippen molar-refractivity contribution in [2.45, 2.75) is 6.92 Å². The number of nitrogens with zero attached hydrogens (tertiary/aromatic N) is 1. The molecule has 0 unspecified atom stereocenters. The fourth-order valence-electron chi connectivity index (χ4n) is 2.09. The number of rotatable bonds is 6. The lowest BCUT2D eigenvalue weighted by Crippen LogP contribution is -2.17. The Morgan fingerprint density at radius 1 is 1.04 bits per heavy atom. The summed E-state index contributed by atoms with van der Waals surface area (Å²) in [7, 11) is 0. The Labute approximate surface area is 170 Å². The maximum absolute atomic E-state index is 12.4. The van der Waals surface area contributed by atoms with E-state index in [1.807, 2.05) is 0 Å². The summed E-state index contributed by atoms with van der Waals surface area (Å²) in [5.41, 5.74) is 0.847. The first-order valence-electron chi connectivity index (χ1n) is 7.40. The summed E-state index contributed by atoms with van der Waals surface area (Å²) in [5.74, 6) is -0.659. The SMILES string of the molecule is CCOC(=O)/C(=C/N(C=O)c1ccc(Cl)cc1)c1cc(Cl)c(Cl)cc1Cl. The standard InChI is InChI=1S/C18H13Cl4NO3/c1-2-26-18(25)14(13-7-16(21)17(22)8-15(13)20)9-23(10-24)12-5-3-11(19)4-6-12/h3-10H,2H2,1H3/b14-9+. The van der Waals surface area contributed by atoms with E-state index in [0.29, 0.717) is 22.7 Å². The fourth-order valence-corrected chi connectivity index (χ4v) is 2.86. The van der Waals surface area contributed by atoms with Gasteiger partial charge in [-0.2, -0.15) is 0 Å². The first-order chi connectivity index (χ1) is 12.4. The first kappa shape index (κ1) is 20.6. The highest BCUT2D eigenvalue weighted by molar-refractivity contribution is 6.44. The van der Waals surface area contributed by atoms with E-state index in [2.05, 4.69) is 0 Å². The number of hydrogen-bond donors (Lipinski definition) is 0. The molecule has 0 aromatic heterocycles. The maximum atomic E-state index is 12.4. The van der Waals surface area contributed by atoms with E-state index < -0.39 is 5.97 Å². The third-order valence-corrected chi connectivity index (χ3v) is 4.59. The number of ether oxygens (including phenoxy) is 1. The topological polar surface area (TPSA) is 46.6 Å². The number of benzene rings is 2. The number of amides is 1. The molecule has 0 heterocycles. The highest BCUT2D eigenvalue weighted by Crippen LogP contribution is 2.34. The van der Waals surface area contributed by atoms with Crippen LogP contribution >= 0.6 is 46.4 Å². The van der Waals surface area contributed by atoms with Crippen LogP contribution in [0.25, 0.3) is 5.57 Å². The van der Waals surface area contributed by atoms with E-state index in [1.165, 1.54) is 23.2 Å². The van der Waals surface area contributed by atoms with Crippen LogP contribution in [0.3, 0.4) is 0 Å². The van der Waals surface area contributed by atoms with E-state index in [4.69, 9.17) is 51.1 Å². The van der Waals surface area contributed by atoms with Gasteiger partial charge in [0.2, 0.25) is 6.41 Å². The molecule has 0 bridgehead atoms. The van der Waals surface area contributed by atoms with Gasteiger partial charge in [0.15, 0.2) is 0 Å². The molecule has 0 aliphatic carbocycles. The van der Waals surface area contributed by atoms with Crippen molar-refractivity contribution in [3.8, 4) is 0 Å². The van der Waals surface area contributed by atoms with Gasteiger partial charge in [-0.1, -0.05) is 46.4 Å². The predicted molar refractivity (Wildman–Crippen MR) is 106 cm³/mol. The summed E-state index contributed by atoms with van der Waals surface area (Å²) in [4.78, 5) is 25.2. The van der Waals surface area contributed by atoms with Gasteiger partial charge in [0.05, 0.1) is 27.2 Å².